The van der Waals surface area contributed by atoms with Crippen molar-refractivity contribution in [1.82, 2.24) is 10.6 Å². The predicted octanol–water partition coefficient (Wildman–Crippen LogP) is 3.35. The van der Waals surface area contributed by atoms with Gasteiger partial charge in [0.25, 0.3) is 5.91 Å². The molecule has 3 aromatic rings. The first-order valence-electron chi connectivity index (χ1n) is 9.56. The quantitative estimate of drug-likeness (QED) is 0.539. The number of rotatable bonds is 8. The summed E-state index contributed by atoms with van der Waals surface area (Å²) in [5.74, 6) is -0.612. The first kappa shape index (κ1) is 21.6. The molecule has 3 rings (SSSR count). The molecule has 1 aromatic heterocycles. The van der Waals surface area contributed by atoms with Crippen molar-refractivity contribution in [3.05, 3.63) is 89.4 Å². The second kappa shape index (κ2) is 10.6. The van der Waals surface area contributed by atoms with Crippen LogP contribution < -0.4 is 15.4 Å². The molecule has 2 N–H and O–H groups in total. The number of furan rings is 1. The van der Waals surface area contributed by atoms with Gasteiger partial charge in [0.05, 0.1) is 12.8 Å². The molecule has 31 heavy (non-hydrogen) atoms. The lowest BCUT2D eigenvalue weighted by Crippen LogP contribution is -2.41. The topological polar surface area (TPSA) is 107 Å². The highest BCUT2D eigenvalue weighted by Gasteiger charge is 2.16. The number of para-hydroxylation sites is 1. The summed E-state index contributed by atoms with van der Waals surface area (Å²) in [5.41, 5.74) is 2.25. The molecule has 3 amide bonds. The van der Waals surface area contributed by atoms with Gasteiger partial charge in [-0.1, -0.05) is 36.4 Å². The third-order valence-corrected chi connectivity index (χ3v) is 4.34. The van der Waals surface area contributed by atoms with Crippen molar-refractivity contribution in [1.29, 1.82) is 0 Å². The Hall–Kier alpha value is -4.07. The minimum absolute atomic E-state index is 0.123. The zero-order chi connectivity index (χ0) is 22.1. The lowest BCUT2D eigenvalue weighted by Gasteiger charge is -2.12. The van der Waals surface area contributed by atoms with Crippen LogP contribution in [0.15, 0.2) is 71.3 Å². The van der Waals surface area contributed by atoms with Crippen molar-refractivity contribution in [3.8, 4) is 5.75 Å². The van der Waals surface area contributed by atoms with Crippen molar-refractivity contribution in [2.24, 2.45) is 0 Å². The van der Waals surface area contributed by atoms with Crippen LogP contribution in [0.25, 0.3) is 0 Å². The summed E-state index contributed by atoms with van der Waals surface area (Å²) in [6, 6.07) is 17.0. The molecule has 0 aliphatic heterocycles. The Morgan fingerprint density at radius 1 is 0.968 bits per heavy atom. The summed E-state index contributed by atoms with van der Waals surface area (Å²) < 4.78 is 15.9. The monoisotopic (exact) mass is 422 g/mol. The van der Waals surface area contributed by atoms with Gasteiger partial charge < -0.3 is 19.2 Å². The van der Waals surface area contributed by atoms with Gasteiger partial charge in [-0.25, -0.2) is 9.59 Å². The van der Waals surface area contributed by atoms with Gasteiger partial charge in [0.1, 0.15) is 23.7 Å². The molecule has 8 heteroatoms. The SMILES string of the molecule is Cc1ccccc1COc1ccccc1C(=O)OCC(=O)NC(=O)NCc1ccco1. The van der Waals surface area contributed by atoms with Crippen LogP contribution in [0.3, 0.4) is 0 Å². The molecular formula is C23H22N2O6. The number of esters is 1. The van der Waals surface area contributed by atoms with Crippen molar-refractivity contribution >= 4 is 17.9 Å². The summed E-state index contributed by atoms with van der Waals surface area (Å²) >= 11 is 0. The molecule has 8 nitrogen and oxygen atoms in total. The molecule has 0 unspecified atom stereocenters. The molecule has 0 fully saturated rings. The molecule has 0 aliphatic carbocycles. The molecule has 0 spiro atoms. The Balaban J connectivity index is 1.49. The molecule has 0 aliphatic rings. The normalized spacial score (nSPS) is 10.2. The molecule has 1 heterocycles. The van der Waals surface area contributed by atoms with E-state index < -0.39 is 24.5 Å². The average Bonchev–Trinajstić information content (AvgIpc) is 3.29. The zero-order valence-corrected chi connectivity index (χ0v) is 16.9. The Labute approximate surface area is 179 Å². The summed E-state index contributed by atoms with van der Waals surface area (Å²) in [6.45, 7) is 1.77. The van der Waals surface area contributed by atoms with E-state index in [4.69, 9.17) is 13.9 Å². The van der Waals surface area contributed by atoms with Crippen LogP contribution in [0.4, 0.5) is 4.79 Å². The predicted molar refractivity (Wildman–Crippen MR) is 111 cm³/mol. The molecule has 0 atom stereocenters. The molecule has 2 aromatic carbocycles. The first-order chi connectivity index (χ1) is 15.0. The largest absolute Gasteiger partial charge is 0.488 e. The number of ether oxygens (including phenoxy) is 2. The Kier molecular flexibility index (Phi) is 7.42. The number of hydrogen-bond acceptors (Lipinski definition) is 6. The maximum atomic E-state index is 12.4. The zero-order valence-electron chi connectivity index (χ0n) is 16.9. The van der Waals surface area contributed by atoms with Gasteiger partial charge in [-0.05, 0) is 42.3 Å². The number of imide groups is 1. The average molecular weight is 422 g/mol. The maximum absolute atomic E-state index is 12.4. The van der Waals surface area contributed by atoms with E-state index in [0.29, 0.717) is 11.5 Å². The van der Waals surface area contributed by atoms with Crippen molar-refractivity contribution in [3.63, 3.8) is 0 Å². The lowest BCUT2D eigenvalue weighted by atomic mass is 10.1. The highest BCUT2D eigenvalue weighted by molar-refractivity contribution is 5.97. The van der Waals surface area contributed by atoms with E-state index in [-0.39, 0.29) is 18.7 Å². The van der Waals surface area contributed by atoms with Gasteiger partial charge in [0.2, 0.25) is 0 Å². The minimum atomic E-state index is -0.761. The second-order valence-electron chi connectivity index (χ2n) is 6.60. The van der Waals surface area contributed by atoms with Crippen LogP contribution in [0.5, 0.6) is 5.75 Å². The van der Waals surface area contributed by atoms with Gasteiger partial charge in [0.15, 0.2) is 6.61 Å². The van der Waals surface area contributed by atoms with Crippen LogP contribution in [0.1, 0.15) is 27.2 Å². The van der Waals surface area contributed by atoms with Crippen LogP contribution in [0, 0.1) is 6.92 Å². The van der Waals surface area contributed by atoms with Gasteiger partial charge in [-0.3, -0.25) is 10.1 Å². The number of carbonyl (C=O) groups is 3. The number of carbonyl (C=O) groups excluding carboxylic acids is 3. The van der Waals surface area contributed by atoms with Crippen LogP contribution >= 0.6 is 0 Å². The van der Waals surface area contributed by atoms with Crippen molar-refractivity contribution in [2.75, 3.05) is 6.61 Å². The van der Waals surface area contributed by atoms with Crippen molar-refractivity contribution < 1.29 is 28.3 Å². The smallest absolute Gasteiger partial charge is 0.342 e. The number of urea groups is 1. The number of hydrogen-bond donors (Lipinski definition) is 2. The number of aryl methyl sites for hydroxylation is 1. The third-order valence-electron chi connectivity index (χ3n) is 4.34. The third kappa shape index (κ3) is 6.46. The summed E-state index contributed by atoms with van der Waals surface area (Å²) in [4.78, 5) is 36.0. The second-order valence-corrected chi connectivity index (χ2v) is 6.60. The number of nitrogens with one attached hydrogen (secondary N) is 2. The lowest BCUT2D eigenvalue weighted by molar-refractivity contribution is -0.123. The van der Waals surface area contributed by atoms with E-state index in [1.165, 1.54) is 6.26 Å². The Morgan fingerprint density at radius 3 is 2.52 bits per heavy atom. The van der Waals surface area contributed by atoms with Crippen LogP contribution in [0.2, 0.25) is 0 Å². The van der Waals surface area contributed by atoms with Gasteiger partial charge in [-0.15, -0.1) is 0 Å². The Bertz CT molecular complexity index is 1050. The highest BCUT2D eigenvalue weighted by Crippen LogP contribution is 2.21. The molecule has 0 bridgehead atoms. The van der Waals surface area contributed by atoms with E-state index >= 15 is 0 Å². The van der Waals surface area contributed by atoms with Crippen molar-refractivity contribution in [2.45, 2.75) is 20.1 Å². The summed E-state index contributed by atoms with van der Waals surface area (Å²) in [6.07, 6.45) is 1.47. The number of benzene rings is 2. The van der Waals surface area contributed by atoms with Gasteiger partial charge in [-0.2, -0.15) is 0 Å². The first-order valence-corrected chi connectivity index (χ1v) is 9.56. The Morgan fingerprint density at radius 2 is 1.74 bits per heavy atom. The molecule has 160 valence electrons. The van der Waals surface area contributed by atoms with Crippen LogP contribution in [-0.2, 0) is 22.7 Å². The van der Waals surface area contributed by atoms with Crippen LogP contribution in [-0.4, -0.2) is 24.5 Å². The molecule has 0 saturated heterocycles. The molecular weight excluding hydrogens is 400 g/mol. The van der Waals surface area contributed by atoms with Gasteiger partial charge >= 0.3 is 12.0 Å². The minimum Gasteiger partial charge on any atom is -0.488 e. The maximum Gasteiger partial charge on any atom is 0.342 e. The standard InChI is InChI=1S/C23H22N2O6/c1-16-7-2-3-8-17(16)14-30-20-11-5-4-10-19(20)22(27)31-15-21(26)25-23(28)24-13-18-9-6-12-29-18/h2-12H,13-15H2,1H3,(H2,24,25,26,28). The molecule has 0 saturated carbocycles. The fourth-order valence-electron chi connectivity index (χ4n) is 2.68. The van der Waals surface area contributed by atoms with E-state index in [9.17, 15) is 14.4 Å². The number of amides is 3. The summed E-state index contributed by atoms with van der Waals surface area (Å²) in [7, 11) is 0. The van der Waals surface area contributed by atoms with E-state index in [2.05, 4.69) is 10.6 Å². The summed E-state index contributed by atoms with van der Waals surface area (Å²) in [5, 5.41) is 4.53. The molecule has 0 radical (unpaired) electrons. The van der Waals surface area contributed by atoms with E-state index in [1.807, 2.05) is 31.2 Å². The fraction of sp³-hybridized carbons (Fsp3) is 0.174. The van der Waals surface area contributed by atoms with E-state index in [1.54, 1.807) is 36.4 Å². The van der Waals surface area contributed by atoms with E-state index in [0.717, 1.165) is 11.1 Å². The highest BCUT2D eigenvalue weighted by atomic mass is 16.5. The fourth-order valence-corrected chi connectivity index (χ4v) is 2.68. The van der Waals surface area contributed by atoms with Gasteiger partial charge in [0, 0.05) is 0 Å².